The third-order valence-corrected chi connectivity index (χ3v) is 3.36. The van der Waals surface area contributed by atoms with E-state index in [-0.39, 0.29) is 6.10 Å². The van der Waals surface area contributed by atoms with Crippen molar-refractivity contribution < 1.29 is 14.3 Å². The van der Waals surface area contributed by atoms with Crippen molar-refractivity contribution in [2.24, 2.45) is 11.1 Å². The fraction of sp³-hybridized carbons (Fsp3) is 0.500. The molecule has 3 rings (SSSR count). The molecular formula is C14H17NO3. The largest absolute Gasteiger partial charge is 0.395 e. The Kier molecular flexibility index (Phi) is 3.57. The molecular weight excluding hydrogens is 230 g/mol. The maximum Gasteiger partial charge on any atom is 0.125 e. The first-order chi connectivity index (χ1) is 8.92. The molecule has 96 valence electrons. The van der Waals surface area contributed by atoms with Crippen LogP contribution in [0.4, 0.5) is 0 Å². The highest BCUT2D eigenvalue weighted by Gasteiger charge is 2.32. The molecule has 2 aliphatic heterocycles. The van der Waals surface area contributed by atoms with E-state index < -0.39 is 0 Å². The van der Waals surface area contributed by atoms with E-state index in [0.29, 0.717) is 32.3 Å². The molecule has 1 unspecified atom stereocenters. The molecule has 1 aromatic rings. The molecule has 0 aliphatic carbocycles. The Balaban J connectivity index is 1.43. The first-order valence-corrected chi connectivity index (χ1v) is 6.34. The van der Waals surface area contributed by atoms with E-state index in [0.717, 1.165) is 12.1 Å². The summed E-state index contributed by atoms with van der Waals surface area (Å²) in [7, 11) is 0. The van der Waals surface area contributed by atoms with E-state index in [1.165, 1.54) is 5.56 Å². The lowest BCUT2D eigenvalue weighted by Crippen LogP contribution is -2.35. The van der Waals surface area contributed by atoms with Gasteiger partial charge in [0.05, 0.1) is 31.6 Å². The average molecular weight is 247 g/mol. The molecule has 2 heterocycles. The second-order valence-corrected chi connectivity index (χ2v) is 4.74. The molecule has 18 heavy (non-hydrogen) atoms. The van der Waals surface area contributed by atoms with Crippen molar-refractivity contribution in [3.05, 3.63) is 35.9 Å². The zero-order chi connectivity index (χ0) is 12.2. The van der Waals surface area contributed by atoms with Gasteiger partial charge in [0.2, 0.25) is 0 Å². The summed E-state index contributed by atoms with van der Waals surface area (Å²) >= 11 is 0. The van der Waals surface area contributed by atoms with Crippen LogP contribution in [-0.4, -0.2) is 31.6 Å². The van der Waals surface area contributed by atoms with Crippen LogP contribution in [0.1, 0.15) is 12.0 Å². The Morgan fingerprint density at radius 2 is 2.17 bits per heavy atom. The summed E-state index contributed by atoms with van der Waals surface area (Å²) in [5.74, 6) is 0.434. The summed E-state index contributed by atoms with van der Waals surface area (Å²) in [5.41, 5.74) is 2.24. The lowest BCUT2D eigenvalue weighted by Gasteiger charge is -2.26. The number of oxime groups is 1. The van der Waals surface area contributed by atoms with Crippen LogP contribution in [0.2, 0.25) is 0 Å². The van der Waals surface area contributed by atoms with Crippen molar-refractivity contribution in [2.75, 3.05) is 19.8 Å². The Hall–Kier alpha value is -1.39. The predicted molar refractivity (Wildman–Crippen MR) is 67.3 cm³/mol. The number of fused-ring (bicyclic) bond motifs is 1. The van der Waals surface area contributed by atoms with Crippen LogP contribution in [0.25, 0.3) is 0 Å². The van der Waals surface area contributed by atoms with E-state index in [9.17, 15) is 0 Å². The van der Waals surface area contributed by atoms with Gasteiger partial charge in [-0.25, -0.2) is 0 Å². The molecule has 0 saturated carbocycles. The van der Waals surface area contributed by atoms with Crippen molar-refractivity contribution in [3.8, 4) is 0 Å². The summed E-state index contributed by atoms with van der Waals surface area (Å²) in [6, 6.07) is 10.2. The minimum Gasteiger partial charge on any atom is -0.395 e. The molecule has 4 nitrogen and oxygen atoms in total. The monoisotopic (exact) mass is 247 g/mol. The van der Waals surface area contributed by atoms with Gasteiger partial charge in [-0.1, -0.05) is 35.5 Å². The lowest BCUT2D eigenvalue weighted by molar-refractivity contribution is -0.0274. The molecule has 0 spiro atoms. The minimum atomic E-state index is 0.166. The summed E-state index contributed by atoms with van der Waals surface area (Å²) in [6.45, 7) is 2.57. The summed E-state index contributed by atoms with van der Waals surface area (Å²) in [4.78, 5) is 5.08. The van der Waals surface area contributed by atoms with Crippen molar-refractivity contribution in [3.63, 3.8) is 0 Å². The van der Waals surface area contributed by atoms with Crippen LogP contribution in [0.5, 0.6) is 0 Å². The maximum atomic E-state index is 5.70. The van der Waals surface area contributed by atoms with Crippen molar-refractivity contribution >= 4 is 5.71 Å². The normalized spacial score (nSPS) is 26.3. The van der Waals surface area contributed by atoms with Gasteiger partial charge in [0.25, 0.3) is 0 Å². The lowest BCUT2D eigenvalue weighted by atomic mass is 9.95. The first kappa shape index (κ1) is 11.7. The highest BCUT2D eigenvalue weighted by molar-refractivity contribution is 5.89. The molecule has 1 saturated heterocycles. The van der Waals surface area contributed by atoms with Crippen LogP contribution in [0.15, 0.2) is 35.5 Å². The Labute approximate surface area is 107 Å². The third-order valence-electron chi connectivity index (χ3n) is 3.36. The van der Waals surface area contributed by atoms with Gasteiger partial charge in [-0.15, -0.1) is 0 Å². The summed E-state index contributed by atoms with van der Waals surface area (Å²) in [5, 5.41) is 3.97. The maximum absolute atomic E-state index is 5.70. The van der Waals surface area contributed by atoms with Gasteiger partial charge in [-0.05, 0) is 12.0 Å². The first-order valence-electron chi connectivity index (χ1n) is 6.34. The van der Waals surface area contributed by atoms with Gasteiger partial charge in [-0.2, -0.15) is 0 Å². The highest BCUT2D eigenvalue weighted by atomic mass is 16.6. The number of nitrogens with zero attached hydrogens (tertiary/aromatic N) is 1. The number of hydrogen-bond donors (Lipinski definition) is 0. The molecule has 2 atom stereocenters. The fourth-order valence-corrected chi connectivity index (χ4v) is 2.32. The molecule has 1 fully saturated rings. The third kappa shape index (κ3) is 2.71. The van der Waals surface area contributed by atoms with Crippen LogP contribution in [0.3, 0.4) is 0 Å². The van der Waals surface area contributed by atoms with Crippen LogP contribution < -0.4 is 0 Å². The summed E-state index contributed by atoms with van der Waals surface area (Å²) in [6.07, 6.45) is 1.12. The van der Waals surface area contributed by atoms with Gasteiger partial charge in [0.15, 0.2) is 0 Å². The molecule has 0 aromatic heterocycles. The van der Waals surface area contributed by atoms with E-state index in [1.807, 2.05) is 18.2 Å². The SMILES string of the molecule is c1ccc(COC[C@H]2CC3CON=C3CO2)cc1. The Morgan fingerprint density at radius 3 is 3.06 bits per heavy atom. The van der Waals surface area contributed by atoms with E-state index >= 15 is 0 Å². The quantitative estimate of drug-likeness (QED) is 0.817. The zero-order valence-corrected chi connectivity index (χ0v) is 10.2. The van der Waals surface area contributed by atoms with E-state index in [1.54, 1.807) is 0 Å². The van der Waals surface area contributed by atoms with E-state index in [2.05, 4.69) is 17.3 Å². The van der Waals surface area contributed by atoms with E-state index in [4.69, 9.17) is 14.3 Å². The second-order valence-electron chi connectivity index (χ2n) is 4.74. The van der Waals surface area contributed by atoms with Crippen LogP contribution >= 0.6 is 0 Å². The number of rotatable bonds is 4. The standard InChI is InChI=1S/C14H17NO3/c1-2-4-11(5-3-1)7-16-9-13-6-12-8-18-15-14(12)10-17-13/h1-5,12-13H,6-10H2/t12?,13-/m1/s1. The number of ether oxygens (including phenoxy) is 2. The molecule has 0 amide bonds. The van der Waals surface area contributed by atoms with Gasteiger partial charge >= 0.3 is 0 Å². The Bertz CT molecular complexity index is 418. The smallest absolute Gasteiger partial charge is 0.125 e. The summed E-state index contributed by atoms with van der Waals surface area (Å²) < 4.78 is 11.4. The molecule has 2 aliphatic rings. The van der Waals surface area contributed by atoms with Crippen molar-refractivity contribution in [2.45, 2.75) is 19.1 Å². The Morgan fingerprint density at radius 1 is 1.28 bits per heavy atom. The topological polar surface area (TPSA) is 40.0 Å². The second kappa shape index (κ2) is 5.50. The highest BCUT2D eigenvalue weighted by Crippen LogP contribution is 2.23. The van der Waals surface area contributed by atoms with Gasteiger partial charge in [0, 0.05) is 5.92 Å². The van der Waals surface area contributed by atoms with Crippen molar-refractivity contribution in [1.82, 2.24) is 0 Å². The molecule has 0 bridgehead atoms. The number of benzene rings is 1. The molecule has 0 N–H and O–H groups in total. The van der Waals surface area contributed by atoms with Crippen LogP contribution in [0, 0.1) is 5.92 Å². The predicted octanol–water partition coefficient (Wildman–Crippen LogP) is 1.99. The van der Waals surface area contributed by atoms with Crippen molar-refractivity contribution in [1.29, 1.82) is 0 Å². The average Bonchev–Trinajstić information content (AvgIpc) is 2.87. The minimum absolute atomic E-state index is 0.166. The molecule has 1 aromatic carbocycles. The molecule has 0 radical (unpaired) electrons. The number of hydrogen-bond acceptors (Lipinski definition) is 4. The molecule has 4 heteroatoms. The van der Waals surface area contributed by atoms with Crippen LogP contribution in [-0.2, 0) is 20.9 Å². The van der Waals surface area contributed by atoms with Gasteiger partial charge in [0.1, 0.15) is 6.61 Å². The van der Waals surface area contributed by atoms with Gasteiger partial charge in [-0.3, -0.25) is 0 Å². The zero-order valence-electron chi connectivity index (χ0n) is 10.2. The fourth-order valence-electron chi connectivity index (χ4n) is 2.32. The van der Waals surface area contributed by atoms with Gasteiger partial charge < -0.3 is 14.3 Å².